The Kier molecular flexibility index (Phi) is 6.96. The van der Waals surface area contributed by atoms with Crippen LogP contribution in [0.3, 0.4) is 0 Å². The Bertz CT molecular complexity index is 175. The third kappa shape index (κ3) is 4.94. The average Bonchev–Trinajstić information content (AvgIpc) is 2.21. The van der Waals surface area contributed by atoms with Crippen molar-refractivity contribution in [2.24, 2.45) is 0 Å². The summed E-state index contributed by atoms with van der Waals surface area (Å²) >= 11 is 0. The van der Waals surface area contributed by atoms with Gasteiger partial charge in [-0.1, -0.05) is 0 Å². The van der Waals surface area contributed by atoms with E-state index in [0.29, 0.717) is 13.0 Å². The molecule has 5 nitrogen and oxygen atoms in total. The standard InChI is InChI=1S/C9H19N3O2/c1-10-4-5-11(2)6-9(7-13)12(3)8-14/h7-10H,4-6H2,1-3H3. The van der Waals surface area contributed by atoms with Gasteiger partial charge in [-0.15, -0.1) is 0 Å². The highest BCUT2D eigenvalue weighted by molar-refractivity contribution is 5.63. The molecule has 0 aliphatic carbocycles. The number of rotatable bonds is 8. The summed E-state index contributed by atoms with van der Waals surface area (Å²) in [6.07, 6.45) is 1.47. The lowest BCUT2D eigenvalue weighted by Gasteiger charge is -2.24. The molecule has 0 rings (SSSR count). The Labute approximate surface area is 85.1 Å². The van der Waals surface area contributed by atoms with Crippen LogP contribution < -0.4 is 5.32 Å². The first-order valence-electron chi connectivity index (χ1n) is 4.61. The predicted octanol–water partition coefficient (Wildman–Crippen LogP) is -1.21. The number of nitrogens with zero attached hydrogens (tertiary/aromatic N) is 2. The fourth-order valence-corrected chi connectivity index (χ4v) is 1.06. The fraction of sp³-hybridized carbons (Fsp3) is 0.778. The van der Waals surface area contributed by atoms with Gasteiger partial charge in [-0.2, -0.15) is 0 Å². The zero-order chi connectivity index (χ0) is 11.0. The molecule has 0 aliphatic rings. The molecule has 1 atom stereocenters. The van der Waals surface area contributed by atoms with Crippen LogP contribution in [0.5, 0.6) is 0 Å². The van der Waals surface area contributed by atoms with Gasteiger partial charge in [0.2, 0.25) is 6.41 Å². The number of likely N-dealkylation sites (N-methyl/N-ethyl adjacent to an activating group) is 3. The van der Waals surface area contributed by atoms with E-state index >= 15 is 0 Å². The first-order chi connectivity index (χ1) is 6.65. The van der Waals surface area contributed by atoms with Crippen LogP contribution in [0, 0.1) is 0 Å². The van der Waals surface area contributed by atoms with Crippen molar-refractivity contribution in [3.8, 4) is 0 Å². The minimum Gasteiger partial charge on any atom is -0.337 e. The number of carbonyl (C=O) groups excluding carboxylic acids is 2. The molecule has 14 heavy (non-hydrogen) atoms. The Morgan fingerprint density at radius 1 is 1.36 bits per heavy atom. The second kappa shape index (κ2) is 7.46. The van der Waals surface area contributed by atoms with Gasteiger partial charge in [0, 0.05) is 26.7 Å². The van der Waals surface area contributed by atoms with Crippen molar-refractivity contribution < 1.29 is 9.59 Å². The third-order valence-corrected chi connectivity index (χ3v) is 2.09. The van der Waals surface area contributed by atoms with Crippen molar-refractivity contribution >= 4 is 12.7 Å². The first-order valence-corrected chi connectivity index (χ1v) is 4.61. The molecule has 0 radical (unpaired) electrons. The summed E-state index contributed by atoms with van der Waals surface area (Å²) in [7, 11) is 5.41. The fourth-order valence-electron chi connectivity index (χ4n) is 1.06. The topological polar surface area (TPSA) is 52.7 Å². The number of carbonyl (C=O) groups is 2. The zero-order valence-electron chi connectivity index (χ0n) is 9.06. The largest absolute Gasteiger partial charge is 0.337 e. The van der Waals surface area contributed by atoms with Gasteiger partial charge in [-0.3, -0.25) is 4.79 Å². The molecule has 0 aromatic carbocycles. The minimum absolute atomic E-state index is 0.352. The van der Waals surface area contributed by atoms with Crippen LogP contribution in [0.15, 0.2) is 0 Å². The van der Waals surface area contributed by atoms with Crippen molar-refractivity contribution in [1.29, 1.82) is 0 Å². The maximum atomic E-state index is 10.7. The van der Waals surface area contributed by atoms with E-state index < -0.39 is 0 Å². The van der Waals surface area contributed by atoms with Crippen molar-refractivity contribution in [2.45, 2.75) is 6.04 Å². The van der Waals surface area contributed by atoms with Gasteiger partial charge in [-0.05, 0) is 14.1 Å². The van der Waals surface area contributed by atoms with Gasteiger partial charge in [-0.25, -0.2) is 0 Å². The predicted molar refractivity (Wildman–Crippen MR) is 55.1 cm³/mol. The quantitative estimate of drug-likeness (QED) is 0.501. The maximum Gasteiger partial charge on any atom is 0.210 e. The summed E-state index contributed by atoms with van der Waals surface area (Å²) in [6.45, 7) is 2.29. The highest BCUT2D eigenvalue weighted by atomic mass is 16.1. The molecule has 0 saturated carbocycles. The van der Waals surface area contributed by atoms with Crippen LogP contribution in [0.1, 0.15) is 0 Å². The van der Waals surface area contributed by atoms with E-state index in [1.807, 2.05) is 19.0 Å². The average molecular weight is 201 g/mol. The number of amides is 1. The van der Waals surface area contributed by atoms with Crippen LogP contribution in [0.25, 0.3) is 0 Å². The van der Waals surface area contributed by atoms with Gasteiger partial charge in [0.15, 0.2) is 0 Å². The summed E-state index contributed by atoms with van der Waals surface area (Å²) in [5, 5.41) is 3.02. The lowest BCUT2D eigenvalue weighted by molar-refractivity contribution is -0.124. The Hall–Kier alpha value is -0.940. The number of hydrogen-bond donors (Lipinski definition) is 1. The maximum absolute atomic E-state index is 10.7. The van der Waals surface area contributed by atoms with Crippen molar-refractivity contribution in [3.63, 3.8) is 0 Å². The number of hydrogen-bond acceptors (Lipinski definition) is 4. The van der Waals surface area contributed by atoms with Crippen LogP contribution in [-0.2, 0) is 9.59 Å². The van der Waals surface area contributed by atoms with Crippen LogP contribution >= 0.6 is 0 Å². The van der Waals surface area contributed by atoms with E-state index in [9.17, 15) is 9.59 Å². The van der Waals surface area contributed by atoms with Crippen LogP contribution in [0.2, 0.25) is 0 Å². The Morgan fingerprint density at radius 2 is 2.00 bits per heavy atom. The van der Waals surface area contributed by atoms with E-state index in [4.69, 9.17) is 0 Å². The molecule has 0 aromatic heterocycles. The molecule has 0 heterocycles. The molecule has 0 bridgehead atoms. The van der Waals surface area contributed by atoms with Gasteiger partial charge < -0.3 is 19.9 Å². The molecule has 5 heteroatoms. The second-order valence-corrected chi connectivity index (χ2v) is 3.34. The zero-order valence-corrected chi connectivity index (χ0v) is 9.06. The Balaban J connectivity index is 3.91. The minimum atomic E-state index is -0.352. The molecule has 1 amide bonds. The highest BCUT2D eigenvalue weighted by Gasteiger charge is 2.13. The molecule has 0 spiro atoms. The van der Waals surface area contributed by atoms with Gasteiger partial charge >= 0.3 is 0 Å². The van der Waals surface area contributed by atoms with Gasteiger partial charge in [0.05, 0.1) is 6.04 Å². The van der Waals surface area contributed by atoms with Crippen LogP contribution in [-0.4, -0.2) is 69.3 Å². The molecule has 1 N–H and O–H groups in total. The molecule has 0 aliphatic heterocycles. The lowest BCUT2D eigenvalue weighted by atomic mass is 10.3. The number of aldehydes is 1. The van der Waals surface area contributed by atoms with Crippen LogP contribution in [0.4, 0.5) is 0 Å². The summed E-state index contributed by atoms with van der Waals surface area (Å²) in [4.78, 5) is 24.5. The van der Waals surface area contributed by atoms with E-state index in [-0.39, 0.29) is 6.04 Å². The summed E-state index contributed by atoms with van der Waals surface area (Å²) in [6, 6.07) is -0.352. The van der Waals surface area contributed by atoms with Gasteiger partial charge in [0.1, 0.15) is 6.29 Å². The van der Waals surface area contributed by atoms with Crippen molar-refractivity contribution in [3.05, 3.63) is 0 Å². The number of nitrogens with one attached hydrogen (secondary N) is 1. The summed E-state index contributed by atoms with van der Waals surface area (Å²) < 4.78 is 0. The molecule has 1 unspecified atom stereocenters. The summed E-state index contributed by atoms with van der Waals surface area (Å²) in [5.74, 6) is 0. The highest BCUT2D eigenvalue weighted by Crippen LogP contribution is 1.93. The van der Waals surface area contributed by atoms with Crippen molar-refractivity contribution in [1.82, 2.24) is 15.1 Å². The van der Waals surface area contributed by atoms with E-state index in [2.05, 4.69) is 5.32 Å². The molecule has 0 saturated heterocycles. The lowest BCUT2D eigenvalue weighted by Crippen LogP contribution is -2.42. The normalized spacial score (nSPS) is 12.6. The SMILES string of the molecule is CNCCN(C)CC(C=O)N(C)C=O. The summed E-state index contributed by atoms with van der Waals surface area (Å²) in [5.41, 5.74) is 0. The molecule has 0 aromatic rings. The molecule has 0 fully saturated rings. The molecule has 82 valence electrons. The van der Waals surface area contributed by atoms with Crippen molar-refractivity contribution in [2.75, 3.05) is 40.8 Å². The molecular formula is C9H19N3O2. The van der Waals surface area contributed by atoms with E-state index in [1.165, 1.54) is 4.90 Å². The first kappa shape index (κ1) is 13.1. The monoisotopic (exact) mass is 201 g/mol. The van der Waals surface area contributed by atoms with E-state index in [0.717, 1.165) is 19.4 Å². The smallest absolute Gasteiger partial charge is 0.210 e. The third-order valence-electron chi connectivity index (χ3n) is 2.09. The molecular weight excluding hydrogens is 182 g/mol. The Morgan fingerprint density at radius 3 is 2.43 bits per heavy atom. The second-order valence-electron chi connectivity index (χ2n) is 3.34. The van der Waals surface area contributed by atoms with E-state index in [1.54, 1.807) is 7.05 Å². The van der Waals surface area contributed by atoms with Gasteiger partial charge in [0.25, 0.3) is 0 Å².